The molecule has 6 heteroatoms. The Morgan fingerprint density at radius 1 is 1.26 bits per heavy atom. The minimum Gasteiger partial charge on any atom is -0.353 e. The summed E-state index contributed by atoms with van der Waals surface area (Å²) in [7, 11) is -2.00. The Morgan fingerprint density at radius 3 is 2.42 bits per heavy atom. The van der Waals surface area contributed by atoms with Crippen molar-refractivity contribution in [2.24, 2.45) is 0 Å². The molecule has 1 amide bonds. The van der Waals surface area contributed by atoms with Crippen molar-refractivity contribution in [3.05, 3.63) is 29.8 Å². The van der Waals surface area contributed by atoms with Crippen LogP contribution in [0.25, 0.3) is 0 Å². The molecule has 104 valence electrons. The predicted octanol–water partition coefficient (Wildman–Crippen LogP) is 0.806. The highest BCUT2D eigenvalue weighted by Gasteiger charge is 2.22. The smallest absolute Gasteiger partial charge is 0.240 e. The molecular formula is C13H18N2O3S. The van der Waals surface area contributed by atoms with Gasteiger partial charge in [-0.25, -0.2) is 13.1 Å². The van der Waals surface area contributed by atoms with Crippen LogP contribution in [0.5, 0.6) is 0 Å². The summed E-state index contributed by atoms with van der Waals surface area (Å²) < 4.78 is 25.3. The number of nitrogens with one attached hydrogen (secondary N) is 2. The van der Waals surface area contributed by atoms with Crippen LogP contribution in [0.15, 0.2) is 29.2 Å². The van der Waals surface area contributed by atoms with E-state index in [1.165, 1.54) is 7.05 Å². The fourth-order valence-corrected chi connectivity index (χ4v) is 2.47. The lowest BCUT2D eigenvalue weighted by molar-refractivity contribution is -0.121. The lowest BCUT2D eigenvalue weighted by atomic mass is 10.1. The average molecular weight is 282 g/mol. The monoisotopic (exact) mass is 282 g/mol. The SMILES string of the molecule is CNS(=O)(=O)c1ccc(CCC(=O)NC2CC2)cc1. The molecule has 1 aliphatic carbocycles. The molecule has 0 saturated heterocycles. The second-order valence-electron chi connectivity index (χ2n) is 4.69. The van der Waals surface area contributed by atoms with Gasteiger partial charge in [-0.2, -0.15) is 0 Å². The average Bonchev–Trinajstić information content (AvgIpc) is 3.21. The summed E-state index contributed by atoms with van der Waals surface area (Å²) in [5.74, 6) is 0.0643. The molecule has 1 fully saturated rings. The summed E-state index contributed by atoms with van der Waals surface area (Å²) in [6.45, 7) is 0. The molecule has 0 spiro atoms. The quantitative estimate of drug-likeness (QED) is 0.810. The van der Waals surface area contributed by atoms with Crippen LogP contribution in [0.3, 0.4) is 0 Å². The first kappa shape index (κ1) is 14.0. The third-order valence-electron chi connectivity index (χ3n) is 3.09. The highest BCUT2D eigenvalue weighted by molar-refractivity contribution is 7.89. The van der Waals surface area contributed by atoms with Crippen LogP contribution in [0.1, 0.15) is 24.8 Å². The van der Waals surface area contributed by atoms with E-state index >= 15 is 0 Å². The predicted molar refractivity (Wildman–Crippen MR) is 72.2 cm³/mol. The maximum Gasteiger partial charge on any atom is 0.240 e. The zero-order chi connectivity index (χ0) is 13.9. The summed E-state index contributed by atoms with van der Waals surface area (Å²) in [6.07, 6.45) is 3.23. The van der Waals surface area contributed by atoms with Crippen molar-refractivity contribution in [1.29, 1.82) is 0 Å². The van der Waals surface area contributed by atoms with Crippen molar-refractivity contribution in [3.8, 4) is 0 Å². The standard InChI is InChI=1S/C13H18N2O3S/c1-14-19(17,18)12-7-2-10(3-8-12)4-9-13(16)15-11-5-6-11/h2-3,7-8,11,14H,4-6,9H2,1H3,(H,15,16). The minimum atomic E-state index is -3.38. The van der Waals surface area contributed by atoms with Crippen molar-refractivity contribution < 1.29 is 13.2 Å². The van der Waals surface area contributed by atoms with Gasteiger partial charge in [-0.1, -0.05) is 12.1 Å². The lowest BCUT2D eigenvalue weighted by Gasteiger charge is -2.05. The van der Waals surface area contributed by atoms with Crippen molar-refractivity contribution in [3.63, 3.8) is 0 Å². The van der Waals surface area contributed by atoms with E-state index in [0.717, 1.165) is 18.4 Å². The van der Waals surface area contributed by atoms with E-state index in [2.05, 4.69) is 10.0 Å². The van der Waals surface area contributed by atoms with Gasteiger partial charge in [-0.15, -0.1) is 0 Å². The van der Waals surface area contributed by atoms with Crippen molar-refractivity contribution in [2.45, 2.75) is 36.6 Å². The first-order valence-corrected chi connectivity index (χ1v) is 7.81. The summed E-state index contributed by atoms with van der Waals surface area (Å²) in [4.78, 5) is 11.8. The third-order valence-corrected chi connectivity index (χ3v) is 4.52. The number of sulfonamides is 1. The molecule has 0 atom stereocenters. The highest BCUT2D eigenvalue weighted by atomic mass is 32.2. The molecule has 0 radical (unpaired) electrons. The van der Waals surface area contributed by atoms with Gasteiger partial charge in [0.1, 0.15) is 0 Å². The topological polar surface area (TPSA) is 75.3 Å². The van der Waals surface area contributed by atoms with Gasteiger partial charge in [0.15, 0.2) is 0 Å². The Kier molecular flexibility index (Phi) is 4.21. The first-order chi connectivity index (χ1) is 9.01. The van der Waals surface area contributed by atoms with Crippen LogP contribution in [0, 0.1) is 0 Å². The van der Waals surface area contributed by atoms with Crippen molar-refractivity contribution in [2.75, 3.05) is 7.05 Å². The molecule has 1 aromatic rings. The minimum absolute atomic E-state index is 0.0643. The fourth-order valence-electron chi connectivity index (χ4n) is 1.74. The number of amides is 1. The molecule has 0 heterocycles. The van der Waals surface area contributed by atoms with E-state index < -0.39 is 10.0 Å². The van der Waals surface area contributed by atoms with E-state index in [0.29, 0.717) is 18.9 Å². The van der Waals surface area contributed by atoms with Crippen LogP contribution in [-0.2, 0) is 21.2 Å². The van der Waals surface area contributed by atoms with Crippen molar-refractivity contribution >= 4 is 15.9 Å². The summed E-state index contributed by atoms with van der Waals surface area (Å²) in [6, 6.07) is 6.99. The van der Waals surface area contributed by atoms with E-state index in [9.17, 15) is 13.2 Å². The zero-order valence-electron chi connectivity index (χ0n) is 10.8. The molecule has 0 bridgehead atoms. The fraction of sp³-hybridized carbons (Fsp3) is 0.462. The number of hydrogen-bond acceptors (Lipinski definition) is 3. The van der Waals surface area contributed by atoms with E-state index in [4.69, 9.17) is 0 Å². The molecule has 5 nitrogen and oxygen atoms in total. The largest absolute Gasteiger partial charge is 0.353 e. The molecule has 1 aliphatic rings. The van der Waals surface area contributed by atoms with Gasteiger partial charge >= 0.3 is 0 Å². The van der Waals surface area contributed by atoms with Gasteiger partial charge in [0.05, 0.1) is 4.90 Å². The lowest BCUT2D eigenvalue weighted by Crippen LogP contribution is -2.25. The van der Waals surface area contributed by atoms with E-state index in [1.54, 1.807) is 24.3 Å². The Morgan fingerprint density at radius 2 is 1.89 bits per heavy atom. The number of carbonyl (C=O) groups excluding carboxylic acids is 1. The highest BCUT2D eigenvalue weighted by Crippen LogP contribution is 2.19. The first-order valence-electron chi connectivity index (χ1n) is 6.33. The van der Waals surface area contributed by atoms with Gasteiger partial charge in [-0.3, -0.25) is 4.79 Å². The van der Waals surface area contributed by atoms with Crippen LogP contribution in [0.4, 0.5) is 0 Å². The Labute approximate surface area is 113 Å². The summed E-state index contributed by atoms with van der Waals surface area (Å²) in [5, 5.41) is 2.92. The molecule has 0 unspecified atom stereocenters. The van der Waals surface area contributed by atoms with Gasteiger partial charge in [0, 0.05) is 12.5 Å². The second kappa shape index (κ2) is 5.71. The molecule has 2 rings (SSSR count). The molecule has 19 heavy (non-hydrogen) atoms. The zero-order valence-corrected chi connectivity index (χ0v) is 11.7. The Hall–Kier alpha value is -1.40. The number of rotatable bonds is 6. The van der Waals surface area contributed by atoms with E-state index in [1.807, 2.05) is 0 Å². The van der Waals surface area contributed by atoms with Crippen LogP contribution in [0.2, 0.25) is 0 Å². The maximum absolute atomic E-state index is 11.5. The number of hydrogen-bond donors (Lipinski definition) is 2. The molecular weight excluding hydrogens is 264 g/mol. The molecule has 2 N–H and O–H groups in total. The number of benzene rings is 1. The van der Waals surface area contributed by atoms with Gasteiger partial charge in [0.2, 0.25) is 15.9 Å². The van der Waals surface area contributed by atoms with E-state index in [-0.39, 0.29) is 10.8 Å². The summed E-state index contributed by atoms with van der Waals surface area (Å²) >= 11 is 0. The molecule has 0 aromatic heterocycles. The van der Waals surface area contributed by atoms with Gasteiger partial charge in [-0.05, 0) is 44.0 Å². The third kappa shape index (κ3) is 4.04. The number of aryl methyl sites for hydroxylation is 1. The molecule has 1 aromatic carbocycles. The second-order valence-corrected chi connectivity index (χ2v) is 6.58. The van der Waals surface area contributed by atoms with Crippen molar-refractivity contribution in [1.82, 2.24) is 10.0 Å². The molecule has 0 aliphatic heterocycles. The Balaban J connectivity index is 1.89. The Bertz CT molecular complexity index is 548. The van der Waals surface area contributed by atoms with Crippen LogP contribution in [-0.4, -0.2) is 27.4 Å². The summed E-state index contributed by atoms with van der Waals surface area (Å²) in [5.41, 5.74) is 0.959. The van der Waals surface area contributed by atoms with Gasteiger partial charge in [0.25, 0.3) is 0 Å². The van der Waals surface area contributed by atoms with Crippen LogP contribution >= 0.6 is 0 Å². The van der Waals surface area contributed by atoms with Crippen LogP contribution < -0.4 is 10.0 Å². The normalized spacial score (nSPS) is 15.2. The van der Waals surface area contributed by atoms with Gasteiger partial charge < -0.3 is 5.32 Å². The maximum atomic E-state index is 11.5. The number of carbonyl (C=O) groups is 1. The molecule has 1 saturated carbocycles.